The van der Waals surface area contributed by atoms with Gasteiger partial charge in [-0.3, -0.25) is 9.59 Å². The van der Waals surface area contributed by atoms with Gasteiger partial charge in [-0.25, -0.2) is 4.98 Å². The number of benzene rings is 1. The number of aryl methyl sites for hydroxylation is 1. The molecule has 2 rings (SSSR count). The first-order valence-corrected chi connectivity index (χ1v) is 8.04. The molecule has 150 valence electrons. The van der Waals surface area contributed by atoms with Gasteiger partial charge in [0.2, 0.25) is 5.91 Å². The van der Waals surface area contributed by atoms with E-state index in [2.05, 4.69) is 20.4 Å². The van der Waals surface area contributed by atoms with Gasteiger partial charge in [0, 0.05) is 36.4 Å². The SMILES string of the molecule is COc1cc(OC(F)(F)F)ccc1CNC(=O)c1cc(C)nc(NC(C)=O)c1. The smallest absolute Gasteiger partial charge is 0.496 e. The monoisotopic (exact) mass is 397 g/mol. The molecule has 2 amide bonds. The van der Waals surface area contributed by atoms with E-state index in [4.69, 9.17) is 4.74 Å². The van der Waals surface area contributed by atoms with Gasteiger partial charge in [0.05, 0.1) is 7.11 Å². The second kappa shape index (κ2) is 8.59. The van der Waals surface area contributed by atoms with Gasteiger partial charge in [-0.15, -0.1) is 13.2 Å². The first-order chi connectivity index (χ1) is 13.1. The molecule has 0 bridgehead atoms. The minimum Gasteiger partial charge on any atom is -0.496 e. The van der Waals surface area contributed by atoms with Crippen molar-refractivity contribution < 1.29 is 32.2 Å². The minimum atomic E-state index is -4.81. The van der Waals surface area contributed by atoms with E-state index in [0.29, 0.717) is 11.3 Å². The number of hydrogen-bond donors (Lipinski definition) is 2. The summed E-state index contributed by atoms with van der Waals surface area (Å²) in [6.07, 6.45) is -4.81. The number of halogens is 3. The molecule has 0 aliphatic rings. The zero-order chi connectivity index (χ0) is 20.9. The topological polar surface area (TPSA) is 89.6 Å². The van der Waals surface area contributed by atoms with E-state index < -0.39 is 18.0 Å². The zero-order valence-corrected chi connectivity index (χ0v) is 15.3. The van der Waals surface area contributed by atoms with Gasteiger partial charge in [-0.05, 0) is 31.2 Å². The zero-order valence-electron chi connectivity index (χ0n) is 15.3. The van der Waals surface area contributed by atoms with Crippen LogP contribution in [0.3, 0.4) is 0 Å². The lowest BCUT2D eigenvalue weighted by atomic mass is 10.1. The van der Waals surface area contributed by atoms with Gasteiger partial charge in [-0.1, -0.05) is 0 Å². The van der Waals surface area contributed by atoms with Crippen LogP contribution in [-0.2, 0) is 11.3 Å². The number of ether oxygens (including phenoxy) is 2. The Bertz CT molecular complexity index is 885. The summed E-state index contributed by atoms with van der Waals surface area (Å²) in [6.45, 7) is 3.00. The van der Waals surface area contributed by atoms with Crippen molar-refractivity contribution in [3.05, 3.63) is 47.2 Å². The number of carbonyl (C=O) groups is 2. The molecule has 0 saturated heterocycles. The number of alkyl halides is 3. The Morgan fingerprint density at radius 2 is 1.89 bits per heavy atom. The number of nitrogens with zero attached hydrogens (tertiary/aromatic N) is 1. The van der Waals surface area contributed by atoms with Gasteiger partial charge < -0.3 is 20.1 Å². The molecule has 0 radical (unpaired) electrons. The van der Waals surface area contributed by atoms with E-state index in [1.165, 1.54) is 32.2 Å². The molecule has 0 atom stereocenters. The minimum absolute atomic E-state index is 0.00510. The number of methoxy groups -OCH3 is 1. The maximum absolute atomic E-state index is 12.4. The van der Waals surface area contributed by atoms with Crippen LogP contribution in [0.1, 0.15) is 28.5 Å². The number of carbonyl (C=O) groups excluding carboxylic acids is 2. The Balaban J connectivity index is 2.12. The van der Waals surface area contributed by atoms with Crippen molar-refractivity contribution >= 4 is 17.6 Å². The number of aromatic nitrogens is 1. The van der Waals surface area contributed by atoms with Crippen LogP contribution in [-0.4, -0.2) is 30.3 Å². The van der Waals surface area contributed by atoms with Crippen LogP contribution in [0.4, 0.5) is 19.0 Å². The van der Waals surface area contributed by atoms with Crippen molar-refractivity contribution in [2.24, 2.45) is 0 Å². The van der Waals surface area contributed by atoms with Crippen molar-refractivity contribution in [1.29, 1.82) is 0 Å². The molecule has 0 aliphatic carbocycles. The summed E-state index contributed by atoms with van der Waals surface area (Å²) in [5, 5.41) is 5.14. The Morgan fingerprint density at radius 3 is 2.50 bits per heavy atom. The molecule has 1 heterocycles. The van der Waals surface area contributed by atoms with Crippen LogP contribution in [0, 0.1) is 6.92 Å². The second-order valence-electron chi connectivity index (χ2n) is 5.77. The summed E-state index contributed by atoms with van der Waals surface area (Å²) in [6, 6.07) is 6.53. The number of pyridine rings is 1. The molecule has 2 N–H and O–H groups in total. The van der Waals surface area contributed by atoms with Crippen molar-refractivity contribution in [3.8, 4) is 11.5 Å². The number of rotatable bonds is 6. The van der Waals surface area contributed by atoms with Crippen molar-refractivity contribution in [1.82, 2.24) is 10.3 Å². The highest BCUT2D eigenvalue weighted by atomic mass is 19.4. The van der Waals surface area contributed by atoms with E-state index in [-0.39, 0.29) is 29.6 Å². The van der Waals surface area contributed by atoms with Crippen molar-refractivity contribution in [3.63, 3.8) is 0 Å². The van der Waals surface area contributed by atoms with Gasteiger partial charge in [0.1, 0.15) is 17.3 Å². The third kappa shape index (κ3) is 6.15. The van der Waals surface area contributed by atoms with E-state index in [9.17, 15) is 22.8 Å². The van der Waals surface area contributed by atoms with E-state index in [1.807, 2.05) is 0 Å². The van der Waals surface area contributed by atoms with Crippen LogP contribution in [0.2, 0.25) is 0 Å². The Morgan fingerprint density at radius 1 is 1.18 bits per heavy atom. The van der Waals surface area contributed by atoms with E-state index >= 15 is 0 Å². The van der Waals surface area contributed by atoms with Crippen LogP contribution >= 0.6 is 0 Å². The van der Waals surface area contributed by atoms with Gasteiger partial charge in [0.25, 0.3) is 5.91 Å². The molecular formula is C18H18F3N3O4. The number of hydrogen-bond acceptors (Lipinski definition) is 5. The molecule has 10 heteroatoms. The Hall–Kier alpha value is -3.30. The van der Waals surface area contributed by atoms with E-state index in [0.717, 1.165) is 12.1 Å². The highest BCUT2D eigenvalue weighted by Gasteiger charge is 2.31. The molecule has 0 spiro atoms. The molecular weight excluding hydrogens is 379 g/mol. The molecule has 1 aromatic heterocycles. The number of anilines is 1. The summed E-state index contributed by atoms with van der Waals surface area (Å²) < 4.78 is 45.8. The van der Waals surface area contributed by atoms with Gasteiger partial charge >= 0.3 is 6.36 Å². The van der Waals surface area contributed by atoms with Crippen LogP contribution in [0.25, 0.3) is 0 Å². The number of nitrogens with one attached hydrogen (secondary N) is 2. The molecule has 2 aromatic rings. The molecule has 0 aliphatic heterocycles. The average Bonchev–Trinajstić information content (AvgIpc) is 2.57. The summed E-state index contributed by atoms with van der Waals surface area (Å²) in [4.78, 5) is 27.7. The fourth-order valence-corrected chi connectivity index (χ4v) is 2.39. The average molecular weight is 397 g/mol. The molecule has 28 heavy (non-hydrogen) atoms. The summed E-state index contributed by atoms with van der Waals surface area (Å²) in [5.74, 6) is -0.829. The second-order valence-corrected chi connectivity index (χ2v) is 5.77. The molecule has 0 unspecified atom stereocenters. The molecule has 0 saturated carbocycles. The normalized spacial score (nSPS) is 10.9. The van der Waals surface area contributed by atoms with Crippen molar-refractivity contribution in [2.45, 2.75) is 26.8 Å². The first-order valence-electron chi connectivity index (χ1n) is 8.04. The predicted octanol–water partition coefficient (Wildman–Crippen LogP) is 3.19. The fourth-order valence-electron chi connectivity index (χ4n) is 2.39. The molecule has 0 fully saturated rings. The lowest BCUT2D eigenvalue weighted by molar-refractivity contribution is -0.274. The first kappa shape index (κ1) is 21.0. The third-order valence-electron chi connectivity index (χ3n) is 3.45. The fraction of sp³-hybridized carbons (Fsp3) is 0.278. The molecule has 7 nitrogen and oxygen atoms in total. The molecule has 1 aromatic carbocycles. The number of amides is 2. The highest BCUT2D eigenvalue weighted by Crippen LogP contribution is 2.29. The summed E-state index contributed by atoms with van der Waals surface area (Å²) >= 11 is 0. The summed E-state index contributed by atoms with van der Waals surface area (Å²) in [7, 11) is 1.30. The van der Waals surface area contributed by atoms with E-state index in [1.54, 1.807) is 6.92 Å². The standard InChI is InChI=1S/C18H18F3N3O4/c1-10-6-13(7-16(23-10)24-11(2)25)17(26)22-9-12-4-5-14(8-15(12)27-3)28-18(19,20)21/h4-8H,9H2,1-3H3,(H,22,26)(H,23,24,25). The van der Waals surface area contributed by atoms with Gasteiger partial charge in [-0.2, -0.15) is 0 Å². The Kier molecular flexibility index (Phi) is 6.45. The quantitative estimate of drug-likeness (QED) is 0.782. The largest absolute Gasteiger partial charge is 0.573 e. The third-order valence-corrected chi connectivity index (χ3v) is 3.45. The maximum Gasteiger partial charge on any atom is 0.573 e. The van der Waals surface area contributed by atoms with Crippen LogP contribution < -0.4 is 20.1 Å². The lowest BCUT2D eigenvalue weighted by Gasteiger charge is -2.14. The highest BCUT2D eigenvalue weighted by molar-refractivity contribution is 5.96. The van der Waals surface area contributed by atoms with Crippen LogP contribution in [0.5, 0.6) is 11.5 Å². The van der Waals surface area contributed by atoms with Crippen LogP contribution in [0.15, 0.2) is 30.3 Å². The summed E-state index contributed by atoms with van der Waals surface area (Å²) in [5.41, 5.74) is 1.26. The maximum atomic E-state index is 12.4. The predicted molar refractivity (Wildman–Crippen MR) is 94.1 cm³/mol. The van der Waals surface area contributed by atoms with Gasteiger partial charge in [0.15, 0.2) is 0 Å². The lowest BCUT2D eigenvalue weighted by Crippen LogP contribution is -2.24. The van der Waals surface area contributed by atoms with Crippen molar-refractivity contribution in [2.75, 3.05) is 12.4 Å². The Labute approximate surface area is 158 Å².